The number of ketones is 1. The average molecular weight is 297 g/mol. The molecule has 0 N–H and O–H groups in total. The lowest BCUT2D eigenvalue weighted by atomic mass is 9.81. The van der Waals surface area contributed by atoms with E-state index >= 15 is 0 Å². The Labute approximate surface area is 133 Å². The van der Waals surface area contributed by atoms with Crippen LogP contribution in [0.1, 0.15) is 56.9 Å². The van der Waals surface area contributed by atoms with E-state index in [0.29, 0.717) is 29.7 Å². The van der Waals surface area contributed by atoms with Gasteiger partial charge in [-0.1, -0.05) is 43.2 Å². The third-order valence-corrected chi connectivity index (χ3v) is 6.25. The van der Waals surface area contributed by atoms with Gasteiger partial charge in [0.25, 0.3) is 0 Å². The highest BCUT2D eigenvalue weighted by atomic mass is 16.1. The fraction of sp³-hybridized carbons (Fsp3) is 0.650. The van der Waals surface area contributed by atoms with Crippen LogP contribution in [-0.4, -0.2) is 22.8 Å². The number of rotatable bonds is 4. The first kappa shape index (κ1) is 14.4. The first-order chi connectivity index (χ1) is 10.8. The standard InChI is InChI=1S/C20H27NO/c22-20(16-8-4-5-9-16)17-12-18-10-11-19(13-17)21(18)14-15-6-2-1-3-7-15/h1-3,6-7,16-19H,4-5,8-14H2. The van der Waals surface area contributed by atoms with Crippen molar-refractivity contribution in [1.82, 2.24) is 4.90 Å². The third-order valence-electron chi connectivity index (χ3n) is 6.25. The Bertz CT molecular complexity index is 506. The number of carbonyl (C=O) groups excluding carboxylic acids is 1. The zero-order chi connectivity index (χ0) is 14.9. The molecule has 22 heavy (non-hydrogen) atoms. The number of hydrogen-bond acceptors (Lipinski definition) is 2. The molecule has 2 bridgehead atoms. The molecular weight excluding hydrogens is 270 g/mol. The topological polar surface area (TPSA) is 20.3 Å². The predicted octanol–water partition coefficient (Wildman–Crippen LogP) is 4.19. The maximum atomic E-state index is 12.8. The molecule has 0 amide bonds. The summed E-state index contributed by atoms with van der Waals surface area (Å²) in [6.45, 7) is 1.07. The molecule has 1 saturated carbocycles. The second kappa shape index (κ2) is 6.16. The molecule has 2 heteroatoms. The predicted molar refractivity (Wildman–Crippen MR) is 88.5 cm³/mol. The van der Waals surface area contributed by atoms with Crippen molar-refractivity contribution in [2.24, 2.45) is 11.8 Å². The highest BCUT2D eigenvalue weighted by Crippen LogP contribution is 2.42. The number of hydrogen-bond donors (Lipinski definition) is 0. The van der Waals surface area contributed by atoms with Crippen molar-refractivity contribution in [2.45, 2.75) is 70.0 Å². The van der Waals surface area contributed by atoms with E-state index in [-0.39, 0.29) is 0 Å². The Morgan fingerprint density at radius 1 is 0.909 bits per heavy atom. The average Bonchev–Trinajstić information content (AvgIpc) is 3.14. The zero-order valence-corrected chi connectivity index (χ0v) is 13.4. The van der Waals surface area contributed by atoms with Crippen LogP contribution in [0.25, 0.3) is 0 Å². The second-order valence-electron chi connectivity index (χ2n) is 7.60. The van der Waals surface area contributed by atoms with Crippen LogP contribution in [0, 0.1) is 11.8 Å². The van der Waals surface area contributed by atoms with Gasteiger partial charge in [-0.05, 0) is 44.1 Å². The molecule has 2 saturated heterocycles. The molecule has 0 radical (unpaired) electrons. The first-order valence-corrected chi connectivity index (χ1v) is 9.14. The van der Waals surface area contributed by atoms with Gasteiger partial charge in [0.05, 0.1) is 0 Å². The summed E-state index contributed by atoms with van der Waals surface area (Å²) in [5.41, 5.74) is 1.42. The number of nitrogens with zero attached hydrogens (tertiary/aromatic N) is 1. The largest absolute Gasteiger partial charge is 0.299 e. The number of Topliss-reactive ketones (excluding diaryl/α,β-unsaturated/α-hetero) is 1. The number of fused-ring (bicyclic) bond motifs is 2. The second-order valence-corrected chi connectivity index (χ2v) is 7.60. The monoisotopic (exact) mass is 297 g/mol. The summed E-state index contributed by atoms with van der Waals surface area (Å²) < 4.78 is 0. The van der Waals surface area contributed by atoms with Crippen molar-refractivity contribution >= 4 is 5.78 Å². The van der Waals surface area contributed by atoms with E-state index in [1.165, 1.54) is 44.1 Å². The Hall–Kier alpha value is -1.15. The molecular formula is C20H27NO. The minimum atomic E-state index is 0.368. The molecule has 3 fully saturated rings. The van der Waals surface area contributed by atoms with Crippen LogP contribution >= 0.6 is 0 Å². The van der Waals surface area contributed by atoms with Crippen LogP contribution in [-0.2, 0) is 11.3 Å². The molecule has 0 aromatic heterocycles. The molecule has 2 unspecified atom stereocenters. The van der Waals surface area contributed by atoms with Crippen LogP contribution in [0.3, 0.4) is 0 Å². The van der Waals surface area contributed by atoms with E-state index in [9.17, 15) is 4.79 Å². The summed E-state index contributed by atoms with van der Waals surface area (Å²) in [7, 11) is 0. The normalized spacial score (nSPS) is 32.5. The van der Waals surface area contributed by atoms with E-state index < -0.39 is 0 Å². The molecule has 2 aliphatic heterocycles. The Balaban J connectivity index is 1.42. The van der Waals surface area contributed by atoms with Crippen molar-refractivity contribution in [2.75, 3.05) is 0 Å². The lowest BCUT2D eigenvalue weighted by Gasteiger charge is -2.39. The Morgan fingerprint density at radius 3 is 2.18 bits per heavy atom. The van der Waals surface area contributed by atoms with Crippen molar-refractivity contribution in [3.8, 4) is 0 Å². The lowest BCUT2D eigenvalue weighted by Crippen LogP contribution is -2.44. The van der Waals surface area contributed by atoms with Gasteiger partial charge < -0.3 is 0 Å². The van der Waals surface area contributed by atoms with Crippen LogP contribution in [0.5, 0.6) is 0 Å². The molecule has 2 heterocycles. The quantitative estimate of drug-likeness (QED) is 0.830. The van der Waals surface area contributed by atoms with E-state index in [2.05, 4.69) is 35.2 Å². The summed E-state index contributed by atoms with van der Waals surface area (Å²) in [6, 6.07) is 12.1. The molecule has 4 rings (SSSR count). The summed E-state index contributed by atoms with van der Waals surface area (Å²) in [6.07, 6.45) is 9.72. The highest BCUT2D eigenvalue weighted by Gasteiger charge is 2.43. The summed E-state index contributed by atoms with van der Waals surface area (Å²) in [4.78, 5) is 15.5. The highest BCUT2D eigenvalue weighted by molar-refractivity contribution is 5.84. The van der Waals surface area contributed by atoms with Gasteiger partial charge in [-0.25, -0.2) is 0 Å². The third kappa shape index (κ3) is 2.74. The molecule has 1 aromatic carbocycles. The van der Waals surface area contributed by atoms with Crippen LogP contribution in [0.4, 0.5) is 0 Å². The lowest BCUT2D eigenvalue weighted by molar-refractivity contribution is -0.129. The van der Waals surface area contributed by atoms with Crippen LogP contribution in [0.2, 0.25) is 0 Å². The van der Waals surface area contributed by atoms with E-state index in [1.807, 2.05) is 0 Å². The minimum Gasteiger partial charge on any atom is -0.299 e. The van der Waals surface area contributed by atoms with Crippen LogP contribution < -0.4 is 0 Å². The maximum absolute atomic E-state index is 12.8. The zero-order valence-electron chi connectivity index (χ0n) is 13.4. The summed E-state index contributed by atoms with van der Waals surface area (Å²) >= 11 is 0. The van der Waals surface area contributed by atoms with Gasteiger partial charge >= 0.3 is 0 Å². The fourth-order valence-corrected chi connectivity index (χ4v) is 5.10. The SMILES string of the molecule is O=C(C1CCCC1)C1CC2CCC(C1)N2Cc1ccccc1. The number of benzene rings is 1. The number of carbonyl (C=O) groups is 1. The molecule has 2 nitrogen and oxygen atoms in total. The van der Waals surface area contributed by atoms with Gasteiger partial charge in [-0.15, -0.1) is 0 Å². The van der Waals surface area contributed by atoms with Crippen molar-refractivity contribution in [3.63, 3.8) is 0 Å². The van der Waals surface area contributed by atoms with E-state index in [0.717, 1.165) is 19.4 Å². The van der Waals surface area contributed by atoms with Crippen molar-refractivity contribution < 1.29 is 4.79 Å². The van der Waals surface area contributed by atoms with Gasteiger partial charge in [0, 0.05) is 30.5 Å². The van der Waals surface area contributed by atoms with Gasteiger partial charge in [0.15, 0.2) is 0 Å². The van der Waals surface area contributed by atoms with Gasteiger partial charge in [0.2, 0.25) is 0 Å². The van der Waals surface area contributed by atoms with Gasteiger partial charge in [-0.3, -0.25) is 9.69 Å². The van der Waals surface area contributed by atoms with Gasteiger partial charge in [0.1, 0.15) is 5.78 Å². The van der Waals surface area contributed by atoms with Crippen LogP contribution in [0.15, 0.2) is 30.3 Å². The van der Waals surface area contributed by atoms with Gasteiger partial charge in [-0.2, -0.15) is 0 Å². The van der Waals surface area contributed by atoms with E-state index in [1.54, 1.807) is 0 Å². The summed E-state index contributed by atoms with van der Waals surface area (Å²) in [5, 5.41) is 0. The molecule has 3 aliphatic rings. The van der Waals surface area contributed by atoms with E-state index in [4.69, 9.17) is 0 Å². The molecule has 1 aromatic rings. The smallest absolute Gasteiger partial charge is 0.139 e. The molecule has 2 atom stereocenters. The fourth-order valence-electron chi connectivity index (χ4n) is 5.10. The molecule has 118 valence electrons. The Kier molecular flexibility index (Phi) is 4.04. The van der Waals surface area contributed by atoms with Crippen molar-refractivity contribution in [3.05, 3.63) is 35.9 Å². The molecule has 0 spiro atoms. The Morgan fingerprint density at radius 2 is 1.55 bits per heavy atom. The summed E-state index contributed by atoms with van der Waals surface area (Å²) in [5.74, 6) is 1.39. The van der Waals surface area contributed by atoms with Crippen molar-refractivity contribution in [1.29, 1.82) is 0 Å². The molecule has 1 aliphatic carbocycles. The minimum absolute atomic E-state index is 0.368. The maximum Gasteiger partial charge on any atom is 0.139 e. The number of piperidine rings is 1. The first-order valence-electron chi connectivity index (χ1n) is 9.14.